The fourth-order valence-corrected chi connectivity index (χ4v) is 3.79. The fourth-order valence-electron chi connectivity index (χ4n) is 2.36. The van der Waals surface area contributed by atoms with E-state index < -0.39 is 0 Å². The van der Waals surface area contributed by atoms with E-state index in [4.69, 9.17) is 0 Å². The summed E-state index contributed by atoms with van der Waals surface area (Å²) in [5, 5.41) is 3.28. The molecule has 0 fully saturated rings. The zero-order valence-electron chi connectivity index (χ0n) is 9.72. The lowest BCUT2D eigenvalue weighted by atomic mass is 9.74. The molecule has 1 aliphatic carbocycles. The van der Waals surface area contributed by atoms with Crippen molar-refractivity contribution in [1.82, 2.24) is 5.32 Å². The standard InChI is InChI=1S/C12H19NOS/c1-12(2,3)8-4-5-9(14)10-11(8)15-7-6-13-10/h8,13H,4-7H2,1-3H3. The van der Waals surface area contributed by atoms with E-state index in [1.165, 1.54) is 4.91 Å². The van der Waals surface area contributed by atoms with Crippen LogP contribution in [0.15, 0.2) is 10.6 Å². The first-order valence-electron chi connectivity index (χ1n) is 5.64. The predicted molar refractivity (Wildman–Crippen MR) is 64.7 cm³/mol. The molecule has 0 spiro atoms. The zero-order chi connectivity index (χ0) is 11.1. The van der Waals surface area contributed by atoms with Crippen LogP contribution >= 0.6 is 11.8 Å². The van der Waals surface area contributed by atoms with Crippen molar-refractivity contribution in [2.45, 2.75) is 33.6 Å². The van der Waals surface area contributed by atoms with Crippen LogP contribution in [0.1, 0.15) is 33.6 Å². The number of nitrogens with one attached hydrogen (secondary N) is 1. The van der Waals surface area contributed by atoms with Gasteiger partial charge in [0.1, 0.15) is 0 Å². The Morgan fingerprint density at radius 1 is 1.40 bits per heavy atom. The molecule has 15 heavy (non-hydrogen) atoms. The number of rotatable bonds is 0. The summed E-state index contributed by atoms with van der Waals surface area (Å²) in [6.45, 7) is 7.75. The second-order valence-corrected chi connectivity index (χ2v) is 6.53. The average molecular weight is 225 g/mol. The Labute approximate surface area is 95.9 Å². The topological polar surface area (TPSA) is 29.1 Å². The van der Waals surface area contributed by atoms with Crippen molar-refractivity contribution < 1.29 is 4.79 Å². The smallest absolute Gasteiger partial charge is 0.179 e. The van der Waals surface area contributed by atoms with E-state index in [0.29, 0.717) is 18.1 Å². The van der Waals surface area contributed by atoms with Crippen LogP contribution in [0.25, 0.3) is 0 Å². The highest BCUT2D eigenvalue weighted by molar-refractivity contribution is 8.03. The van der Waals surface area contributed by atoms with E-state index in [1.54, 1.807) is 0 Å². The highest BCUT2D eigenvalue weighted by atomic mass is 32.2. The number of ketones is 1. The minimum atomic E-state index is 0.271. The van der Waals surface area contributed by atoms with Crippen LogP contribution < -0.4 is 5.32 Å². The van der Waals surface area contributed by atoms with E-state index in [1.807, 2.05) is 11.8 Å². The third-order valence-electron chi connectivity index (χ3n) is 3.21. The fraction of sp³-hybridized carbons (Fsp3) is 0.750. The lowest BCUT2D eigenvalue weighted by Crippen LogP contribution is -2.36. The van der Waals surface area contributed by atoms with Gasteiger partial charge < -0.3 is 5.32 Å². The van der Waals surface area contributed by atoms with Gasteiger partial charge in [-0.2, -0.15) is 0 Å². The number of carbonyl (C=O) groups is 1. The van der Waals surface area contributed by atoms with Gasteiger partial charge in [-0.15, -0.1) is 11.8 Å². The number of carbonyl (C=O) groups excluding carboxylic acids is 1. The minimum absolute atomic E-state index is 0.271. The quantitative estimate of drug-likeness (QED) is 0.687. The molecule has 1 unspecified atom stereocenters. The zero-order valence-corrected chi connectivity index (χ0v) is 10.5. The molecule has 1 heterocycles. The molecule has 0 saturated carbocycles. The molecule has 0 aromatic rings. The van der Waals surface area contributed by atoms with Gasteiger partial charge in [0.15, 0.2) is 5.78 Å². The Bertz CT molecular complexity index is 314. The van der Waals surface area contributed by atoms with Crippen LogP contribution in [0.3, 0.4) is 0 Å². The Hall–Kier alpha value is -0.440. The molecule has 1 atom stereocenters. The van der Waals surface area contributed by atoms with Crippen molar-refractivity contribution in [3.63, 3.8) is 0 Å². The van der Waals surface area contributed by atoms with Gasteiger partial charge in [-0.3, -0.25) is 4.79 Å². The third kappa shape index (κ3) is 2.07. The summed E-state index contributed by atoms with van der Waals surface area (Å²) in [5.41, 5.74) is 1.20. The first-order valence-corrected chi connectivity index (χ1v) is 6.63. The molecular formula is C12H19NOS. The first kappa shape index (κ1) is 11.1. The van der Waals surface area contributed by atoms with Gasteiger partial charge in [-0.25, -0.2) is 0 Å². The maximum Gasteiger partial charge on any atom is 0.179 e. The molecule has 84 valence electrons. The van der Waals surface area contributed by atoms with Gasteiger partial charge in [0.05, 0.1) is 5.70 Å². The molecule has 1 aliphatic heterocycles. The summed E-state index contributed by atoms with van der Waals surface area (Å²) in [6, 6.07) is 0. The van der Waals surface area contributed by atoms with Gasteiger partial charge in [-0.1, -0.05) is 20.8 Å². The number of Topliss-reactive ketones (excluding diaryl/α,β-unsaturated/α-hetero) is 1. The molecule has 0 saturated heterocycles. The highest BCUT2D eigenvalue weighted by Crippen LogP contribution is 2.45. The van der Waals surface area contributed by atoms with Crippen molar-refractivity contribution in [1.29, 1.82) is 0 Å². The van der Waals surface area contributed by atoms with Crippen LogP contribution in [0.4, 0.5) is 0 Å². The number of allylic oxidation sites excluding steroid dienone is 2. The van der Waals surface area contributed by atoms with Crippen molar-refractivity contribution >= 4 is 17.5 Å². The van der Waals surface area contributed by atoms with Crippen molar-refractivity contribution in [3.05, 3.63) is 10.6 Å². The molecule has 2 rings (SSSR count). The first-order chi connectivity index (χ1) is 7.00. The molecule has 2 nitrogen and oxygen atoms in total. The van der Waals surface area contributed by atoms with Crippen LogP contribution in [0, 0.1) is 11.3 Å². The van der Waals surface area contributed by atoms with Gasteiger partial charge in [0.2, 0.25) is 0 Å². The predicted octanol–water partition coefficient (Wildman–Crippen LogP) is 2.56. The lowest BCUT2D eigenvalue weighted by molar-refractivity contribution is -0.116. The Kier molecular flexibility index (Phi) is 2.84. The second-order valence-electron chi connectivity index (χ2n) is 5.39. The van der Waals surface area contributed by atoms with E-state index in [2.05, 4.69) is 26.1 Å². The molecule has 0 radical (unpaired) electrons. The Balaban J connectivity index is 2.36. The summed E-state index contributed by atoms with van der Waals surface area (Å²) in [7, 11) is 0. The molecule has 1 N–H and O–H groups in total. The van der Waals surface area contributed by atoms with Crippen molar-refractivity contribution in [3.8, 4) is 0 Å². The SMILES string of the molecule is CC(C)(C)C1CCC(=O)C2=C1SCCN2. The molecule has 3 heteroatoms. The van der Waals surface area contributed by atoms with Crippen LogP contribution in [0.5, 0.6) is 0 Å². The maximum atomic E-state index is 11.8. The Morgan fingerprint density at radius 3 is 2.80 bits per heavy atom. The molecule has 0 amide bonds. The van der Waals surface area contributed by atoms with Crippen molar-refractivity contribution in [2.24, 2.45) is 11.3 Å². The lowest BCUT2D eigenvalue weighted by Gasteiger charge is -2.38. The summed E-state index contributed by atoms with van der Waals surface area (Å²) >= 11 is 1.88. The minimum Gasteiger partial charge on any atom is -0.381 e. The van der Waals surface area contributed by atoms with E-state index >= 15 is 0 Å². The summed E-state index contributed by atoms with van der Waals surface area (Å²) in [4.78, 5) is 13.1. The summed E-state index contributed by atoms with van der Waals surface area (Å²) in [5.74, 6) is 1.97. The molecule has 2 aliphatic rings. The number of hydrogen-bond acceptors (Lipinski definition) is 3. The largest absolute Gasteiger partial charge is 0.381 e. The maximum absolute atomic E-state index is 11.8. The number of thioether (sulfide) groups is 1. The molecular weight excluding hydrogens is 206 g/mol. The van der Waals surface area contributed by atoms with E-state index in [9.17, 15) is 4.79 Å². The molecule has 0 bridgehead atoms. The van der Waals surface area contributed by atoms with Gasteiger partial charge >= 0.3 is 0 Å². The summed E-state index contributed by atoms with van der Waals surface area (Å²) in [6.07, 6.45) is 1.74. The molecule has 0 aromatic carbocycles. The van der Waals surface area contributed by atoms with Crippen LogP contribution in [0.2, 0.25) is 0 Å². The van der Waals surface area contributed by atoms with Gasteiger partial charge in [0, 0.05) is 23.6 Å². The number of hydrogen-bond donors (Lipinski definition) is 1. The molecule has 0 aromatic heterocycles. The van der Waals surface area contributed by atoms with E-state index in [0.717, 1.165) is 24.4 Å². The third-order valence-corrected chi connectivity index (χ3v) is 4.42. The second kappa shape index (κ2) is 3.85. The van der Waals surface area contributed by atoms with Crippen molar-refractivity contribution in [2.75, 3.05) is 12.3 Å². The van der Waals surface area contributed by atoms with Gasteiger partial charge in [-0.05, 0) is 17.8 Å². The average Bonchev–Trinajstić information content (AvgIpc) is 2.17. The summed E-state index contributed by atoms with van der Waals surface area (Å²) < 4.78 is 0. The van der Waals surface area contributed by atoms with E-state index in [-0.39, 0.29) is 5.41 Å². The monoisotopic (exact) mass is 225 g/mol. The highest BCUT2D eigenvalue weighted by Gasteiger charge is 2.36. The Morgan fingerprint density at radius 2 is 2.13 bits per heavy atom. The van der Waals surface area contributed by atoms with Crippen LogP contribution in [-0.4, -0.2) is 18.1 Å². The van der Waals surface area contributed by atoms with Crippen LogP contribution in [-0.2, 0) is 4.79 Å². The normalized spacial score (nSPS) is 27.4. The van der Waals surface area contributed by atoms with Gasteiger partial charge in [0.25, 0.3) is 0 Å².